The first-order valence-electron chi connectivity index (χ1n) is 9.31. The van der Waals surface area contributed by atoms with Crippen LogP contribution in [-0.2, 0) is 19.5 Å². The van der Waals surface area contributed by atoms with Crippen molar-refractivity contribution in [2.45, 2.75) is 19.5 Å². The Bertz CT molecular complexity index is 987. The van der Waals surface area contributed by atoms with Crippen LogP contribution in [0.2, 0.25) is 0 Å². The van der Waals surface area contributed by atoms with E-state index in [0.717, 1.165) is 23.3 Å². The monoisotopic (exact) mass is 394 g/mol. The molecule has 0 spiro atoms. The maximum absolute atomic E-state index is 12.9. The van der Waals surface area contributed by atoms with E-state index < -0.39 is 0 Å². The first-order valence-corrected chi connectivity index (χ1v) is 9.31. The Hall–Kier alpha value is -3.55. The predicted molar refractivity (Wildman–Crippen MR) is 106 cm³/mol. The quantitative estimate of drug-likeness (QED) is 0.687. The van der Waals surface area contributed by atoms with Crippen molar-refractivity contribution in [2.75, 3.05) is 26.1 Å². The molecule has 1 amide bonds. The van der Waals surface area contributed by atoms with Crippen LogP contribution in [-0.4, -0.2) is 41.8 Å². The van der Waals surface area contributed by atoms with Gasteiger partial charge in [-0.05, 0) is 53.9 Å². The van der Waals surface area contributed by atoms with Crippen molar-refractivity contribution in [2.24, 2.45) is 0 Å². The second-order valence-corrected chi connectivity index (χ2v) is 6.69. The normalized spacial score (nSPS) is 13.0. The molecule has 29 heavy (non-hydrogen) atoms. The van der Waals surface area contributed by atoms with Gasteiger partial charge in [-0.15, -0.1) is 10.2 Å². The Balaban J connectivity index is 1.43. The van der Waals surface area contributed by atoms with Gasteiger partial charge in [0.15, 0.2) is 17.2 Å². The lowest BCUT2D eigenvalue weighted by atomic mass is 9.98. The van der Waals surface area contributed by atoms with E-state index in [0.29, 0.717) is 42.6 Å². The molecule has 0 saturated carbocycles. The lowest BCUT2D eigenvalue weighted by Crippen LogP contribution is -2.36. The number of hydrogen-bond donors (Lipinski definition) is 1. The van der Waals surface area contributed by atoms with E-state index in [2.05, 4.69) is 15.5 Å². The van der Waals surface area contributed by atoms with E-state index in [1.54, 1.807) is 37.5 Å². The van der Waals surface area contributed by atoms with Crippen LogP contribution in [0.3, 0.4) is 0 Å². The van der Waals surface area contributed by atoms with Crippen molar-refractivity contribution in [3.63, 3.8) is 0 Å². The highest BCUT2D eigenvalue weighted by atomic mass is 16.5. The molecule has 1 aromatic carbocycles. The minimum atomic E-state index is -0.143. The standard InChI is InChI=1S/C21H22N4O4/c1-27-18-10-14-7-8-25(13-15(14)11-19(18)28-2)21(26)17-5-6-20(24-23-17)22-12-16-4-3-9-29-16/h3-6,9-11H,7-8,12-13H2,1-2H3,(H,22,24). The number of furan rings is 1. The number of carbonyl (C=O) groups excluding carboxylic acids is 1. The molecular formula is C21H22N4O4. The molecule has 3 aromatic rings. The van der Waals surface area contributed by atoms with Crippen LogP contribution in [0.1, 0.15) is 27.4 Å². The number of methoxy groups -OCH3 is 2. The highest BCUT2D eigenvalue weighted by Gasteiger charge is 2.24. The van der Waals surface area contributed by atoms with Crippen molar-refractivity contribution in [1.29, 1.82) is 0 Å². The second-order valence-electron chi connectivity index (χ2n) is 6.69. The largest absolute Gasteiger partial charge is 0.493 e. The molecule has 0 bridgehead atoms. The maximum atomic E-state index is 12.9. The van der Waals surface area contributed by atoms with E-state index in [1.807, 2.05) is 24.3 Å². The van der Waals surface area contributed by atoms with Gasteiger partial charge in [-0.25, -0.2) is 0 Å². The lowest BCUT2D eigenvalue weighted by molar-refractivity contribution is 0.0727. The maximum Gasteiger partial charge on any atom is 0.274 e. The van der Waals surface area contributed by atoms with E-state index >= 15 is 0 Å². The molecule has 2 aromatic heterocycles. The second kappa shape index (κ2) is 8.22. The van der Waals surface area contributed by atoms with Crippen LogP contribution >= 0.6 is 0 Å². The smallest absolute Gasteiger partial charge is 0.274 e. The molecule has 8 nitrogen and oxygen atoms in total. The molecule has 1 aliphatic heterocycles. The topological polar surface area (TPSA) is 89.7 Å². The number of amides is 1. The highest BCUT2D eigenvalue weighted by molar-refractivity contribution is 5.92. The molecule has 0 saturated heterocycles. The fraction of sp³-hybridized carbons (Fsp3) is 0.286. The van der Waals surface area contributed by atoms with Crippen molar-refractivity contribution in [3.05, 3.63) is 65.2 Å². The summed E-state index contributed by atoms with van der Waals surface area (Å²) in [5.41, 5.74) is 2.53. The summed E-state index contributed by atoms with van der Waals surface area (Å²) in [6, 6.07) is 11.0. The Morgan fingerprint density at radius 3 is 2.59 bits per heavy atom. The third kappa shape index (κ3) is 4.01. The van der Waals surface area contributed by atoms with Gasteiger partial charge in [0.05, 0.1) is 27.0 Å². The first-order chi connectivity index (χ1) is 14.2. The number of hydrogen-bond acceptors (Lipinski definition) is 7. The zero-order chi connectivity index (χ0) is 20.2. The van der Waals surface area contributed by atoms with Gasteiger partial charge in [0.25, 0.3) is 5.91 Å². The first kappa shape index (κ1) is 18.8. The molecule has 0 fully saturated rings. The third-order valence-corrected chi connectivity index (χ3v) is 4.91. The average molecular weight is 394 g/mol. The predicted octanol–water partition coefficient (Wildman–Crippen LogP) is 2.90. The van der Waals surface area contributed by atoms with Crippen LogP contribution < -0.4 is 14.8 Å². The summed E-state index contributed by atoms with van der Waals surface area (Å²) < 4.78 is 16.0. The Labute approximate surface area is 168 Å². The zero-order valence-corrected chi connectivity index (χ0v) is 16.3. The van der Waals surface area contributed by atoms with Gasteiger partial charge in [-0.3, -0.25) is 4.79 Å². The van der Waals surface area contributed by atoms with Gasteiger partial charge in [-0.1, -0.05) is 0 Å². The SMILES string of the molecule is COc1cc2c(cc1OC)CN(C(=O)c1ccc(NCc3ccco3)nn1)CC2. The van der Waals surface area contributed by atoms with Gasteiger partial charge in [0.1, 0.15) is 11.6 Å². The Morgan fingerprint density at radius 2 is 1.93 bits per heavy atom. The molecule has 0 unspecified atom stereocenters. The fourth-order valence-electron chi connectivity index (χ4n) is 3.35. The van der Waals surface area contributed by atoms with Crippen LogP contribution in [0.15, 0.2) is 47.1 Å². The molecule has 0 radical (unpaired) electrons. The Morgan fingerprint density at radius 1 is 1.14 bits per heavy atom. The lowest BCUT2D eigenvalue weighted by Gasteiger charge is -2.29. The average Bonchev–Trinajstić information content (AvgIpc) is 3.30. The van der Waals surface area contributed by atoms with Gasteiger partial charge in [0, 0.05) is 13.1 Å². The number of rotatable bonds is 6. The summed E-state index contributed by atoms with van der Waals surface area (Å²) in [6.45, 7) is 1.61. The summed E-state index contributed by atoms with van der Waals surface area (Å²) in [4.78, 5) is 14.6. The highest BCUT2D eigenvalue weighted by Crippen LogP contribution is 2.33. The zero-order valence-electron chi connectivity index (χ0n) is 16.3. The molecule has 1 aliphatic rings. The van der Waals surface area contributed by atoms with E-state index in [9.17, 15) is 4.79 Å². The van der Waals surface area contributed by atoms with Gasteiger partial charge in [0.2, 0.25) is 0 Å². The summed E-state index contributed by atoms with van der Waals surface area (Å²) in [5, 5.41) is 11.3. The van der Waals surface area contributed by atoms with Crippen LogP contribution in [0.25, 0.3) is 0 Å². The molecule has 4 rings (SSSR count). The number of anilines is 1. The van der Waals surface area contributed by atoms with Gasteiger partial charge in [-0.2, -0.15) is 0 Å². The molecule has 1 N–H and O–H groups in total. The summed E-state index contributed by atoms with van der Waals surface area (Å²) in [7, 11) is 3.22. The van der Waals surface area contributed by atoms with E-state index in [4.69, 9.17) is 13.9 Å². The number of nitrogens with one attached hydrogen (secondary N) is 1. The number of aromatic nitrogens is 2. The molecular weight excluding hydrogens is 372 g/mol. The van der Waals surface area contributed by atoms with Gasteiger partial charge >= 0.3 is 0 Å². The van der Waals surface area contributed by atoms with Crippen LogP contribution in [0.5, 0.6) is 11.5 Å². The van der Waals surface area contributed by atoms with Crippen molar-refractivity contribution >= 4 is 11.7 Å². The molecule has 150 valence electrons. The molecule has 8 heteroatoms. The third-order valence-electron chi connectivity index (χ3n) is 4.91. The summed E-state index contributed by atoms with van der Waals surface area (Å²) in [6.07, 6.45) is 2.37. The number of carbonyl (C=O) groups is 1. The fourth-order valence-corrected chi connectivity index (χ4v) is 3.35. The van der Waals surface area contributed by atoms with Crippen molar-refractivity contribution < 1.29 is 18.7 Å². The minimum absolute atomic E-state index is 0.143. The summed E-state index contributed by atoms with van der Waals surface area (Å²) in [5.74, 6) is 2.60. The van der Waals surface area contributed by atoms with Crippen molar-refractivity contribution in [1.82, 2.24) is 15.1 Å². The molecule has 0 atom stereocenters. The van der Waals surface area contributed by atoms with Crippen LogP contribution in [0, 0.1) is 0 Å². The van der Waals surface area contributed by atoms with Crippen LogP contribution in [0.4, 0.5) is 5.82 Å². The van der Waals surface area contributed by atoms with Gasteiger partial charge < -0.3 is 24.1 Å². The minimum Gasteiger partial charge on any atom is -0.493 e. The van der Waals surface area contributed by atoms with E-state index in [1.165, 1.54) is 0 Å². The Kier molecular flexibility index (Phi) is 5.33. The number of ether oxygens (including phenoxy) is 2. The molecule has 0 aliphatic carbocycles. The number of benzene rings is 1. The number of fused-ring (bicyclic) bond motifs is 1. The van der Waals surface area contributed by atoms with Crippen molar-refractivity contribution in [3.8, 4) is 11.5 Å². The summed E-state index contributed by atoms with van der Waals surface area (Å²) >= 11 is 0. The molecule has 3 heterocycles. The number of nitrogens with zero attached hydrogens (tertiary/aromatic N) is 3. The van der Waals surface area contributed by atoms with E-state index in [-0.39, 0.29) is 5.91 Å².